The Kier molecular flexibility index (Phi) is 3.98. The summed E-state index contributed by atoms with van der Waals surface area (Å²) in [4.78, 5) is 25.2. The fourth-order valence-corrected chi connectivity index (χ4v) is 5.39. The van der Waals surface area contributed by atoms with E-state index in [1.54, 1.807) is 13.8 Å². The third-order valence-electron chi connectivity index (χ3n) is 6.05. The molecule has 4 nitrogen and oxygen atoms in total. The number of rotatable bonds is 4. The van der Waals surface area contributed by atoms with E-state index in [0.29, 0.717) is 31.5 Å². The minimum atomic E-state index is -1.00. The van der Waals surface area contributed by atoms with Gasteiger partial charge in [0.25, 0.3) is 0 Å². The average molecular weight is 294 g/mol. The van der Waals surface area contributed by atoms with Gasteiger partial charge in [0.1, 0.15) is 0 Å². The molecule has 4 unspecified atom stereocenters. The summed E-state index contributed by atoms with van der Waals surface area (Å²) < 4.78 is 10.6. The van der Waals surface area contributed by atoms with Crippen LogP contribution in [0.15, 0.2) is 0 Å². The second kappa shape index (κ2) is 5.62. The van der Waals surface area contributed by atoms with Gasteiger partial charge in [-0.3, -0.25) is 9.59 Å². The van der Waals surface area contributed by atoms with Gasteiger partial charge in [0.05, 0.1) is 13.2 Å². The predicted molar refractivity (Wildman–Crippen MR) is 77.4 cm³/mol. The Morgan fingerprint density at radius 2 is 1.57 bits per heavy atom. The molecule has 0 spiro atoms. The van der Waals surface area contributed by atoms with Crippen LogP contribution < -0.4 is 0 Å². The van der Waals surface area contributed by atoms with Gasteiger partial charge in [0.2, 0.25) is 0 Å². The molecule has 3 rings (SSSR count). The zero-order chi connectivity index (χ0) is 15.0. The van der Waals surface area contributed by atoms with Crippen molar-refractivity contribution in [2.45, 2.75) is 52.4 Å². The molecule has 3 saturated carbocycles. The first-order chi connectivity index (χ1) is 10.1. The molecule has 0 aromatic heterocycles. The fourth-order valence-electron chi connectivity index (χ4n) is 5.39. The van der Waals surface area contributed by atoms with E-state index in [9.17, 15) is 9.59 Å². The molecule has 0 N–H and O–H groups in total. The summed E-state index contributed by atoms with van der Waals surface area (Å²) in [6, 6.07) is 0. The van der Waals surface area contributed by atoms with Gasteiger partial charge in [-0.1, -0.05) is 12.8 Å². The lowest BCUT2D eigenvalue weighted by atomic mass is 9.61. The van der Waals surface area contributed by atoms with Crippen molar-refractivity contribution in [3.63, 3.8) is 0 Å². The van der Waals surface area contributed by atoms with Crippen LogP contribution in [0.5, 0.6) is 0 Å². The zero-order valence-corrected chi connectivity index (χ0v) is 13.1. The lowest BCUT2D eigenvalue weighted by Gasteiger charge is -2.43. The largest absolute Gasteiger partial charge is 0.465 e. The van der Waals surface area contributed by atoms with Crippen LogP contribution in [-0.4, -0.2) is 25.2 Å². The predicted octanol–water partition coefficient (Wildman–Crippen LogP) is 2.95. The highest BCUT2D eigenvalue weighted by molar-refractivity contribution is 6.01. The second-order valence-corrected chi connectivity index (χ2v) is 6.83. The standard InChI is InChI=1S/C17H26O4/c1-3-20-15(18)17(16(19)21-4-2)10-11-9-14(17)13-8-6-5-7-12(11)13/h11-14H,3-10H2,1-2H3. The number of ether oxygens (including phenoxy) is 2. The molecule has 3 fully saturated rings. The van der Waals surface area contributed by atoms with E-state index in [1.165, 1.54) is 19.3 Å². The molecule has 4 heteroatoms. The van der Waals surface area contributed by atoms with Crippen molar-refractivity contribution < 1.29 is 19.1 Å². The zero-order valence-electron chi connectivity index (χ0n) is 13.1. The van der Waals surface area contributed by atoms with Gasteiger partial charge in [-0.25, -0.2) is 0 Å². The van der Waals surface area contributed by atoms with Gasteiger partial charge in [-0.05, 0) is 63.2 Å². The van der Waals surface area contributed by atoms with Gasteiger partial charge in [-0.15, -0.1) is 0 Å². The molecule has 3 aliphatic rings. The molecule has 0 heterocycles. The van der Waals surface area contributed by atoms with Crippen molar-refractivity contribution >= 4 is 11.9 Å². The van der Waals surface area contributed by atoms with Crippen molar-refractivity contribution in [2.75, 3.05) is 13.2 Å². The second-order valence-electron chi connectivity index (χ2n) is 6.83. The third kappa shape index (κ3) is 2.09. The normalized spacial score (nSPS) is 36.1. The van der Waals surface area contributed by atoms with Crippen molar-refractivity contribution in [3.8, 4) is 0 Å². The Balaban J connectivity index is 1.91. The lowest BCUT2D eigenvalue weighted by molar-refractivity contribution is -0.180. The number of esters is 2. The first-order valence-electron chi connectivity index (χ1n) is 8.49. The Morgan fingerprint density at radius 3 is 2.14 bits per heavy atom. The van der Waals surface area contributed by atoms with Gasteiger partial charge < -0.3 is 9.47 Å². The summed E-state index contributed by atoms with van der Waals surface area (Å²) in [5.74, 6) is 1.23. The van der Waals surface area contributed by atoms with Crippen molar-refractivity contribution in [1.82, 2.24) is 0 Å². The molecule has 21 heavy (non-hydrogen) atoms. The van der Waals surface area contributed by atoms with Crippen LogP contribution in [-0.2, 0) is 19.1 Å². The topological polar surface area (TPSA) is 52.6 Å². The van der Waals surface area contributed by atoms with Crippen LogP contribution in [0.25, 0.3) is 0 Å². The molecule has 0 radical (unpaired) electrons. The maximum absolute atomic E-state index is 12.6. The molecular formula is C17H26O4. The Morgan fingerprint density at radius 1 is 1.00 bits per heavy atom. The number of hydrogen-bond acceptors (Lipinski definition) is 4. The molecule has 0 aromatic rings. The summed E-state index contributed by atoms with van der Waals surface area (Å²) in [6.07, 6.45) is 6.62. The lowest BCUT2D eigenvalue weighted by Crippen LogP contribution is -2.50. The molecule has 0 aromatic carbocycles. The van der Waals surface area contributed by atoms with Crippen LogP contribution in [0.2, 0.25) is 0 Å². The molecule has 0 aliphatic heterocycles. The highest BCUT2D eigenvalue weighted by Gasteiger charge is 2.68. The smallest absolute Gasteiger partial charge is 0.323 e. The minimum absolute atomic E-state index is 0.144. The molecule has 4 atom stereocenters. The SMILES string of the molecule is CCOC(=O)C1(C(=O)OCC)CC2CC1C1CCCCC21. The van der Waals surface area contributed by atoms with Gasteiger partial charge in [-0.2, -0.15) is 0 Å². The summed E-state index contributed by atoms with van der Waals surface area (Å²) in [7, 11) is 0. The number of hydrogen-bond donors (Lipinski definition) is 0. The van der Waals surface area contributed by atoms with Crippen LogP contribution in [0.4, 0.5) is 0 Å². The summed E-state index contributed by atoms with van der Waals surface area (Å²) in [5, 5.41) is 0. The Hall–Kier alpha value is -1.06. The molecule has 0 amide bonds. The van der Waals surface area contributed by atoms with Crippen LogP contribution in [0.1, 0.15) is 52.4 Å². The van der Waals surface area contributed by atoms with Crippen molar-refractivity contribution in [1.29, 1.82) is 0 Å². The monoisotopic (exact) mass is 294 g/mol. The van der Waals surface area contributed by atoms with Crippen LogP contribution in [0, 0.1) is 29.1 Å². The van der Waals surface area contributed by atoms with Gasteiger partial charge in [0.15, 0.2) is 5.41 Å². The Labute approximate surface area is 126 Å². The van der Waals surface area contributed by atoms with E-state index in [1.807, 2.05) is 0 Å². The van der Waals surface area contributed by atoms with Crippen molar-refractivity contribution in [3.05, 3.63) is 0 Å². The van der Waals surface area contributed by atoms with E-state index < -0.39 is 5.41 Å². The van der Waals surface area contributed by atoms with Crippen LogP contribution >= 0.6 is 0 Å². The molecule has 0 saturated heterocycles. The quantitative estimate of drug-likeness (QED) is 0.591. The van der Waals surface area contributed by atoms with E-state index in [2.05, 4.69) is 0 Å². The molecule has 3 aliphatic carbocycles. The van der Waals surface area contributed by atoms with E-state index >= 15 is 0 Å². The third-order valence-corrected chi connectivity index (χ3v) is 6.05. The molecular weight excluding hydrogens is 268 g/mol. The highest BCUT2D eigenvalue weighted by atomic mass is 16.6. The summed E-state index contributed by atoms with van der Waals surface area (Å²) in [6.45, 7) is 4.25. The Bertz CT molecular complexity index is 413. The average Bonchev–Trinajstić information content (AvgIpc) is 3.05. The number of carbonyl (C=O) groups excluding carboxylic acids is 2. The van der Waals surface area contributed by atoms with E-state index in [-0.39, 0.29) is 17.9 Å². The van der Waals surface area contributed by atoms with E-state index in [4.69, 9.17) is 9.47 Å². The van der Waals surface area contributed by atoms with Gasteiger partial charge >= 0.3 is 11.9 Å². The number of fused-ring (bicyclic) bond motifs is 5. The molecule has 2 bridgehead atoms. The van der Waals surface area contributed by atoms with Gasteiger partial charge in [0, 0.05) is 0 Å². The maximum Gasteiger partial charge on any atom is 0.323 e. The maximum atomic E-state index is 12.6. The first-order valence-corrected chi connectivity index (χ1v) is 8.49. The first kappa shape index (κ1) is 14.9. The number of carbonyl (C=O) groups is 2. The van der Waals surface area contributed by atoms with Crippen molar-refractivity contribution in [2.24, 2.45) is 29.1 Å². The molecule has 118 valence electrons. The summed E-state index contributed by atoms with van der Waals surface area (Å²) in [5.41, 5.74) is -1.00. The minimum Gasteiger partial charge on any atom is -0.465 e. The highest BCUT2D eigenvalue weighted by Crippen LogP contribution is 2.65. The van der Waals surface area contributed by atoms with E-state index in [0.717, 1.165) is 18.8 Å². The summed E-state index contributed by atoms with van der Waals surface area (Å²) >= 11 is 0. The fraction of sp³-hybridized carbons (Fsp3) is 0.882. The van der Waals surface area contributed by atoms with Crippen LogP contribution in [0.3, 0.4) is 0 Å².